The van der Waals surface area contributed by atoms with Crippen LogP contribution in [0.15, 0.2) is 34.2 Å². The third kappa shape index (κ3) is 1.85. The number of hydrazone groups is 1. The highest BCUT2D eigenvalue weighted by Gasteiger charge is 2.01. The summed E-state index contributed by atoms with van der Waals surface area (Å²) in [6.07, 6.45) is 1.55. The summed E-state index contributed by atoms with van der Waals surface area (Å²) >= 11 is 0. The summed E-state index contributed by atoms with van der Waals surface area (Å²) in [7, 11) is 0. The summed E-state index contributed by atoms with van der Waals surface area (Å²) in [5.74, 6) is 0.201. The van der Waals surface area contributed by atoms with Crippen molar-refractivity contribution in [1.29, 1.82) is 0 Å². The van der Waals surface area contributed by atoms with Crippen LogP contribution in [-0.4, -0.2) is 16.2 Å². The van der Waals surface area contributed by atoms with Gasteiger partial charge in [0.1, 0.15) is 0 Å². The lowest BCUT2D eigenvalue weighted by Gasteiger charge is -2.00. The van der Waals surface area contributed by atoms with Crippen LogP contribution in [0.25, 0.3) is 11.0 Å². The van der Waals surface area contributed by atoms with Gasteiger partial charge in [0.25, 0.3) is 5.56 Å². The minimum atomic E-state index is -0.278. The Labute approximate surface area is 85.9 Å². The molecule has 5 heteroatoms. The fourth-order valence-electron chi connectivity index (χ4n) is 1.23. The number of nitrogens with one attached hydrogen (secondary N) is 2. The molecule has 1 heterocycles. The number of aromatic amines is 1. The van der Waals surface area contributed by atoms with Crippen molar-refractivity contribution in [3.8, 4) is 0 Å². The number of benzene rings is 1. The van der Waals surface area contributed by atoms with Crippen molar-refractivity contribution in [3.05, 3.63) is 34.6 Å². The third-order valence-electron chi connectivity index (χ3n) is 1.90. The molecule has 0 unspecified atom stereocenters. The van der Waals surface area contributed by atoms with Gasteiger partial charge in [0.2, 0.25) is 5.82 Å². The molecule has 2 N–H and O–H groups in total. The highest BCUT2D eigenvalue weighted by molar-refractivity contribution is 5.75. The van der Waals surface area contributed by atoms with Crippen molar-refractivity contribution in [2.75, 3.05) is 5.43 Å². The molecule has 0 amide bonds. The number of hydrogen-bond acceptors (Lipinski definition) is 4. The van der Waals surface area contributed by atoms with E-state index in [0.29, 0.717) is 5.52 Å². The van der Waals surface area contributed by atoms with Crippen molar-refractivity contribution < 1.29 is 0 Å². The average Bonchev–Trinajstić information content (AvgIpc) is 2.26. The first-order valence-corrected chi connectivity index (χ1v) is 4.54. The van der Waals surface area contributed by atoms with Crippen LogP contribution in [-0.2, 0) is 0 Å². The van der Waals surface area contributed by atoms with Gasteiger partial charge in [0.15, 0.2) is 0 Å². The molecule has 0 spiro atoms. The van der Waals surface area contributed by atoms with Gasteiger partial charge in [-0.1, -0.05) is 12.1 Å². The van der Waals surface area contributed by atoms with Crippen molar-refractivity contribution in [2.24, 2.45) is 5.10 Å². The van der Waals surface area contributed by atoms with E-state index < -0.39 is 0 Å². The molecule has 0 saturated carbocycles. The number of rotatable bonds is 2. The van der Waals surface area contributed by atoms with E-state index in [1.165, 1.54) is 0 Å². The summed E-state index contributed by atoms with van der Waals surface area (Å²) in [6.45, 7) is 1.75. The van der Waals surface area contributed by atoms with Crippen LogP contribution < -0.4 is 11.0 Å². The zero-order chi connectivity index (χ0) is 10.7. The predicted molar refractivity (Wildman–Crippen MR) is 60.2 cm³/mol. The molecule has 0 radical (unpaired) electrons. The Balaban J connectivity index is 2.57. The maximum absolute atomic E-state index is 11.5. The number of H-pyrrole nitrogens is 1. The van der Waals surface area contributed by atoms with Crippen LogP contribution in [0.2, 0.25) is 0 Å². The predicted octanol–water partition coefficient (Wildman–Crippen LogP) is 1.34. The number of fused-ring (bicyclic) bond motifs is 1. The number of nitrogens with zero attached hydrogens (tertiary/aromatic N) is 2. The number of hydrogen-bond donors (Lipinski definition) is 2. The van der Waals surface area contributed by atoms with Gasteiger partial charge in [-0.15, -0.1) is 0 Å². The zero-order valence-corrected chi connectivity index (χ0v) is 8.19. The average molecular weight is 202 g/mol. The summed E-state index contributed by atoms with van der Waals surface area (Å²) < 4.78 is 0. The van der Waals surface area contributed by atoms with Crippen molar-refractivity contribution in [1.82, 2.24) is 9.97 Å². The number of para-hydroxylation sites is 2. The van der Waals surface area contributed by atoms with Crippen LogP contribution in [0.4, 0.5) is 5.82 Å². The van der Waals surface area contributed by atoms with Gasteiger partial charge in [-0.2, -0.15) is 5.10 Å². The molecule has 15 heavy (non-hydrogen) atoms. The van der Waals surface area contributed by atoms with Crippen LogP contribution in [0.3, 0.4) is 0 Å². The van der Waals surface area contributed by atoms with Gasteiger partial charge in [-0.3, -0.25) is 10.2 Å². The van der Waals surface area contributed by atoms with E-state index in [9.17, 15) is 4.79 Å². The second-order valence-electron chi connectivity index (χ2n) is 2.93. The quantitative estimate of drug-likeness (QED) is 0.570. The molecule has 0 atom stereocenters. The van der Waals surface area contributed by atoms with Gasteiger partial charge < -0.3 is 4.98 Å². The molecule has 0 aliphatic heterocycles. The Morgan fingerprint density at radius 3 is 3.07 bits per heavy atom. The van der Waals surface area contributed by atoms with E-state index in [4.69, 9.17) is 0 Å². The number of anilines is 1. The van der Waals surface area contributed by atoms with E-state index in [2.05, 4.69) is 20.5 Å². The molecule has 5 nitrogen and oxygen atoms in total. The molecule has 0 saturated heterocycles. The minimum Gasteiger partial charge on any atom is -0.317 e. The highest BCUT2D eigenvalue weighted by Crippen LogP contribution is 2.07. The van der Waals surface area contributed by atoms with E-state index in [-0.39, 0.29) is 11.4 Å². The first kappa shape index (κ1) is 9.39. The van der Waals surface area contributed by atoms with Crippen molar-refractivity contribution in [3.63, 3.8) is 0 Å². The van der Waals surface area contributed by atoms with Gasteiger partial charge in [-0.05, 0) is 19.1 Å². The van der Waals surface area contributed by atoms with Gasteiger partial charge in [0.05, 0.1) is 11.0 Å². The second-order valence-corrected chi connectivity index (χ2v) is 2.93. The smallest absolute Gasteiger partial charge is 0.293 e. The molecule has 0 aliphatic rings. The Morgan fingerprint density at radius 2 is 2.27 bits per heavy atom. The molecule has 0 bridgehead atoms. The Kier molecular flexibility index (Phi) is 2.45. The highest BCUT2D eigenvalue weighted by atomic mass is 16.1. The zero-order valence-electron chi connectivity index (χ0n) is 8.19. The Bertz CT molecular complexity index is 559. The monoisotopic (exact) mass is 202 g/mol. The van der Waals surface area contributed by atoms with Crippen molar-refractivity contribution in [2.45, 2.75) is 6.92 Å². The maximum Gasteiger partial charge on any atom is 0.293 e. The molecule has 76 valence electrons. The van der Waals surface area contributed by atoms with E-state index in [1.54, 1.807) is 19.2 Å². The summed E-state index contributed by atoms with van der Waals surface area (Å²) in [5, 5.41) is 3.75. The third-order valence-corrected chi connectivity index (χ3v) is 1.90. The minimum absolute atomic E-state index is 0.201. The van der Waals surface area contributed by atoms with Crippen LogP contribution in [0.1, 0.15) is 6.92 Å². The van der Waals surface area contributed by atoms with Gasteiger partial charge in [0, 0.05) is 6.21 Å². The molecule has 2 aromatic rings. The Morgan fingerprint density at radius 1 is 1.47 bits per heavy atom. The summed E-state index contributed by atoms with van der Waals surface area (Å²) in [4.78, 5) is 18.3. The van der Waals surface area contributed by atoms with Gasteiger partial charge >= 0.3 is 0 Å². The van der Waals surface area contributed by atoms with E-state index in [1.807, 2.05) is 18.2 Å². The first-order valence-electron chi connectivity index (χ1n) is 4.54. The molecule has 0 fully saturated rings. The molecule has 0 aliphatic carbocycles. The van der Waals surface area contributed by atoms with E-state index >= 15 is 0 Å². The molecular weight excluding hydrogens is 192 g/mol. The normalized spacial score (nSPS) is 11.0. The molecule has 1 aromatic heterocycles. The topological polar surface area (TPSA) is 70.1 Å². The molecule has 1 aromatic carbocycles. The molecular formula is C10H10N4O. The lowest BCUT2D eigenvalue weighted by Crippen LogP contribution is -2.13. The van der Waals surface area contributed by atoms with Crippen LogP contribution in [0.5, 0.6) is 0 Å². The first-order chi connectivity index (χ1) is 7.31. The summed E-state index contributed by atoms with van der Waals surface area (Å²) in [5.41, 5.74) is 3.73. The standard InChI is InChI=1S/C10H10N4O/c1-2-11-14-9-10(15)13-8-6-4-3-5-7(8)12-9/h2-6H,1H3,(H,12,14)(H,13,15). The summed E-state index contributed by atoms with van der Waals surface area (Å²) in [6, 6.07) is 7.33. The molecule has 2 rings (SSSR count). The van der Waals surface area contributed by atoms with Crippen molar-refractivity contribution >= 4 is 23.1 Å². The lowest BCUT2D eigenvalue weighted by atomic mass is 10.3. The fraction of sp³-hybridized carbons (Fsp3) is 0.100. The van der Waals surface area contributed by atoms with Crippen LogP contribution >= 0.6 is 0 Å². The SMILES string of the molecule is CC=NNc1nc2ccccc2[nH]c1=O. The van der Waals surface area contributed by atoms with E-state index in [0.717, 1.165) is 5.52 Å². The fourth-order valence-corrected chi connectivity index (χ4v) is 1.23. The largest absolute Gasteiger partial charge is 0.317 e. The second kappa shape index (κ2) is 3.91. The maximum atomic E-state index is 11.5. The number of aromatic nitrogens is 2. The Hall–Kier alpha value is -2.17. The lowest BCUT2D eigenvalue weighted by molar-refractivity contribution is 1.17. The van der Waals surface area contributed by atoms with Crippen LogP contribution in [0, 0.1) is 0 Å². The van der Waals surface area contributed by atoms with Gasteiger partial charge in [-0.25, -0.2) is 4.98 Å².